The van der Waals surface area contributed by atoms with E-state index in [0.717, 1.165) is 16.5 Å². The zero-order valence-corrected chi connectivity index (χ0v) is 9.55. The summed E-state index contributed by atoms with van der Waals surface area (Å²) in [7, 11) is 0. The summed E-state index contributed by atoms with van der Waals surface area (Å²) in [5.74, 6) is 0. The molecule has 0 aliphatic carbocycles. The van der Waals surface area contributed by atoms with Gasteiger partial charge in [-0.15, -0.1) is 0 Å². The first-order chi connectivity index (χ1) is 5.96. The second-order valence-electron chi connectivity index (χ2n) is 3.93. The summed E-state index contributed by atoms with van der Waals surface area (Å²) < 4.78 is 0.803. The Kier molecular flexibility index (Phi) is 2.86. The fourth-order valence-corrected chi connectivity index (χ4v) is 2.00. The third-order valence-electron chi connectivity index (χ3n) is 1.76. The van der Waals surface area contributed by atoms with Crippen LogP contribution in [-0.2, 0) is 5.41 Å². The van der Waals surface area contributed by atoms with Crippen molar-refractivity contribution in [3.05, 3.63) is 28.0 Å². The number of nitrogens with zero attached hydrogens (tertiary/aromatic N) is 1. The van der Waals surface area contributed by atoms with E-state index in [9.17, 15) is 4.79 Å². The fraction of sp³-hybridized carbons (Fsp3) is 0.400. The molecule has 0 amide bonds. The van der Waals surface area contributed by atoms with Crippen molar-refractivity contribution in [2.24, 2.45) is 0 Å². The average Bonchev–Trinajstić information content (AvgIpc) is 2.02. The van der Waals surface area contributed by atoms with Crippen LogP contribution in [0.25, 0.3) is 0 Å². The van der Waals surface area contributed by atoms with E-state index in [1.807, 2.05) is 0 Å². The van der Waals surface area contributed by atoms with Crippen LogP contribution in [0.2, 0.25) is 0 Å². The summed E-state index contributed by atoms with van der Waals surface area (Å²) in [6, 6.07) is 1.70. The number of halogens is 1. The molecular weight excluding hydrogens is 230 g/mol. The lowest BCUT2D eigenvalue weighted by Crippen LogP contribution is -2.15. The molecule has 0 aliphatic rings. The number of aldehydes is 1. The Morgan fingerprint density at radius 1 is 1.46 bits per heavy atom. The SMILES string of the molecule is CC(C)(C)c1nccc(C=O)c1Br. The summed E-state index contributed by atoms with van der Waals surface area (Å²) in [5, 5.41) is 0. The molecule has 0 saturated carbocycles. The van der Waals surface area contributed by atoms with E-state index < -0.39 is 0 Å². The molecular formula is C10H12BrNO. The first-order valence-electron chi connectivity index (χ1n) is 4.07. The Morgan fingerprint density at radius 3 is 2.54 bits per heavy atom. The molecule has 1 rings (SSSR count). The molecule has 0 saturated heterocycles. The van der Waals surface area contributed by atoms with Crippen molar-refractivity contribution < 1.29 is 4.79 Å². The first-order valence-corrected chi connectivity index (χ1v) is 4.86. The van der Waals surface area contributed by atoms with E-state index in [0.29, 0.717) is 5.56 Å². The average molecular weight is 242 g/mol. The van der Waals surface area contributed by atoms with E-state index in [2.05, 4.69) is 41.7 Å². The molecule has 0 aromatic carbocycles. The van der Waals surface area contributed by atoms with E-state index >= 15 is 0 Å². The molecule has 0 fully saturated rings. The van der Waals surface area contributed by atoms with Crippen molar-refractivity contribution in [2.45, 2.75) is 26.2 Å². The number of carbonyl (C=O) groups is 1. The standard InChI is InChI=1S/C10H12BrNO/c1-10(2,3)9-8(11)7(6-13)4-5-12-9/h4-6H,1-3H3. The second kappa shape index (κ2) is 3.58. The first kappa shape index (κ1) is 10.4. The highest BCUT2D eigenvalue weighted by molar-refractivity contribution is 9.10. The largest absolute Gasteiger partial charge is 0.298 e. The van der Waals surface area contributed by atoms with Gasteiger partial charge in [0.05, 0.1) is 10.2 Å². The quantitative estimate of drug-likeness (QED) is 0.708. The zero-order valence-electron chi connectivity index (χ0n) is 7.97. The molecule has 0 N–H and O–H groups in total. The van der Waals surface area contributed by atoms with Gasteiger partial charge in [-0.05, 0) is 22.0 Å². The van der Waals surface area contributed by atoms with Crippen LogP contribution in [0.15, 0.2) is 16.7 Å². The highest BCUT2D eigenvalue weighted by Gasteiger charge is 2.19. The van der Waals surface area contributed by atoms with Crippen LogP contribution in [0.3, 0.4) is 0 Å². The van der Waals surface area contributed by atoms with Crippen LogP contribution >= 0.6 is 15.9 Å². The summed E-state index contributed by atoms with van der Waals surface area (Å²) in [6.07, 6.45) is 2.50. The Labute approximate surface area is 86.5 Å². The summed E-state index contributed by atoms with van der Waals surface area (Å²) in [4.78, 5) is 14.9. The fourth-order valence-electron chi connectivity index (χ4n) is 1.07. The number of carbonyl (C=O) groups excluding carboxylic acids is 1. The van der Waals surface area contributed by atoms with Gasteiger partial charge in [-0.25, -0.2) is 0 Å². The van der Waals surface area contributed by atoms with Crippen molar-refractivity contribution in [1.82, 2.24) is 4.98 Å². The van der Waals surface area contributed by atoms with Gasteiger partial charge in [0.2, 0.25) is 0 Å². The molecule has 0 spiro atoms. The maximum Gasteiger partial charge on any atom is 0.151 e. The van der Waals surface area contributed by atoms with Gasteiger partial charge >= 0.3 is 0 Å². The molecule has 0 unspecified atom stereocenters. The molecule has 0 aliphatic heterocycles. The monoisotopic (exact) mass is 241 g/mol. The van der Waals surface area contributed by atoms with Gasteiger partial charge in [0.15, 0.2) is 6.29 Å². The van der Waals surface area contributed by atoms with Crippen LogP contribution < -0.4 is 0 Å². The Balaban J connectivity index is 3.32. The summed E-state index contributed by atoms with van der Waals surface area (Å²) >= 11 is 3.38. The van der Waals surface area contributed by atoms with Gasteiger partial charge in [-0.1, -0.05) is 20.8 Å². The van der Waals surface area contributed by atoms with E-state index in [1.165, 1.54) is 0 Å². The Bertz CT molecular complexity index is 328. The van der Waals surface area contributed by atoms with Gasteiger partial charge in [0.25, 0.3) is 0 Å². The number of hydrogen-bond donors (Lipinski definition) is 0. The smallest absolute Gasteiger partial charge is 0.151 e. The lowest BCUT2D eigenvalue weighted by atomic mass is 9.91. The van der Waals surface area contributed by atoms with Crippen molar-refractivity contribution in [1.29, 1.82) is 0 Å². The van der Waals surface area contributed by atoms with E-state index in [4.69, 9.17) is 0 Å². The van der Waals surface area contributed by atoms with Crippen LogP contribution in [-0.4, -0.2) is 11.3 Å². The molecule has 1 aromatic rings. The third-order valence-corrected chi connectivity index (χ3v) is 2.59. The normalized spacial score (nSPS) is 11.4. The maximum absolute atomic E-state index is 10.6. The highest BCUT2D eigenvalue weighted by atomic mass is 79.9. The predicted octanol–water partition coefficient (Wildman–Crippen LogP) is 2.95. The van der Waals surface area contributed by atoms with Crippen LogP contribution in [0.1, 0.15) is 36.8 Å². The van der Waals surface area contributed by atoms with Gasteiger partial charge in [0, 0.05) is 17.2 Å². The van der Waals surface area contributed by atoms with Crippen molar-refractivity contribution in [3.63, 3.8) is 0 Å². The molecule has 1 aromatic heterocycles. The van der Waals surface area contributed by atoms with Gasteiger partial charge in [-0.2, -0.15) is 0 Å². The van der Waals surface area contributed by atoms with E-state index in [1.54, 1.807) is 12.3 Å². The summed E-state index contributed by atoms with van der Waals surface area (Å²) in [6.45, 7) is 6.19. The molecule has 0 bridgehead atoms. The maximum atomic E-state index is 10.6. The predicted molar refractivity (Wildman–Crippen MR) is 56.0 cm³/mol. The van der Waals surface area contributed by atoms with Crippen LogP contribution in [0.5, 0.6) is 0 Å². The lowest BCUT2D eigenvalue weighted by Gasteiger charge is -2.19. The molecule has 3 heteroatoms. The van der Waals surface area contributed by atoms with E-state index in [-0.39, 0.29) is 5.41 Å². The summed E-state index contributed by atoms with van der Waals surface area (Å²) in [5.41, 5.74) is 1.52. The number of rotatable bonds is 1. The third kappa shape index (κ3) is 2.15. The molecule has 1 heterocycles. The number of pyridine rings is 1. The molecule has 13 heavy (non-hydrogen) atoms. The minimum absolute atomic E-state index is 0.0438. The van der Waals surface area contributed by atoms with Crippen molar-refractivity contribution >= 4 is 22.2 Å². The zero-order chi connectivity index (χ0) is 10.1. The van der Waals surface area contributed by atoms with Gasteiger partial charge in [0.1, 0.15) is 0 Å². The Hall–Kier alpha value is -0.700. The van der Waals surface area contributed by atoms with Crippen molar-refractivity contribution in [3.8, 4) is 0 Å². The number of hydrogen-bond acceptors (Lipinski definition) is 2. The number of aromatic nitrogens is 1. The van der Waals surface area contributed by atoms with Crippen molar-refractivity contribution in [2.75, 3.05) is 0 Å². The van der Waals surface area contributed by atoms with Crippen LogP contribution in [0.4, 0.5) is 0 Å². The molecule has 0 atom stereocenters. The Morgan fingerprint density at radius 2 is 2.08 bits per heavy atom. The minimum Gasteiger partial charge on any atom is -0.298 e. The van der Waals surface area contributed by atoms with Gasteiger partial charge in [-0.3, -0.25) is 9.78 Å². The molecule has 70 valence electrons. The topological polar surface area (TPSA) is 30.0 Å². The van der Waals surface area contributed by atoms with Gasteiger partial charge < -0.3 is 0 Å². The van der Waals surface area contributed by atoms with Crippen LogP contribution in [0, 0.1) is 0 Å². The second-order valence-corrected chi connectivity index (χ2v) is 4.72. The minimum atomic E-state index is -0.0438. The lowest BCUT2D eigenvalue weighted by molar-refractivity contribution is 0.112. The molecule has 2 nitrogen and oxygen atoms in total. The molecule has 0 radical (unpaired) electrons. The highest BCUT2D eigenvalue weighted by Crippen LogP contribution is 2.29.